The summed E-state index contributed by atoms with van der Waals surface area (Å²) >= 11 is 0. The van der Waals surface area contributed by atoms with E-state index in [4.69, 9.17) is 0 Å². The molecule has 1 aliphatic carbocycles. The van der Waals surface area contributed by atoms with E-state index >= 15 is 0 Å². The van der Waals surface area contributed by atoms with Gasteiger partial charge in [0.05, 0.1) is 5.56 Å². The Hall–Kier alpha value is -1.07. The fraction of sp³-hybridized carbons (Fsp3) is 0.571. The van der Waals surface area contributed by atoms with Crippen LogP contribution in [-0.2, 0) is 12.7 Å². The first kappa shape index (κ1) is 14.3. The van der Waals surface area contributed by atoms with Crippen molar-refractivity contribution >= 4 is 0 Å². The van der Waals surface area contributed by atoms with Gasteiger partial charge in [-0.2, -0.15) is 13.2 Å². The van der Waals surface area contributed by atoms with Crippen molar-refractivity contribution in [2.45, 2.75) is 44.6 Å². The number of rotatable bonds is 6. The molecule has 2 rings (SSSR count). The second kappa shape index (κ2) is 5.92. The molecule has 19 heavy (non-hydrogen) atoms. The summed E-state index contributed by atoms with van der Waals surface area (Å²) in [5, 5.41) is 6.62. The minimum Gasteiger partial charge on any atom is -0.312 e. The lowest BCUT2D eigenvalue weighted by Crippen LogP contribution is -2.36. The van der Waals surface area contributed by atoms with Crippen molar-refractivity contribution < 1.29 is 13.2 Å². The van der Waals surface area contributed by atoms with Crippen LogP contribution in [0.25, 0.3) is 0 Å². The first-order chi connectivity index (χ1) is 8.95. The number of nitrogens with one attached hydrogen (secondary N) is 2. The van der Waals surface area contributed by atoms with E-state index in [1.54, 1.807) is 6.07 Å². The third-order valence-corrected chi connectivity index (χ3v) is 3.20. The molecule has 0 amide bonds. The molecule has 2 nitrogen and oxygen atoms in total. The Balaban J connectivity index is 1.81. The van der Waals surface area contributed by atoms with Crippen molar-refractivity contribution in [1.29, 1.82) is 0 Å². The smallest absolute Gasteiger partial charge is 0.312 e. The summed E-state index contributed by atoms with van der Waals surface area (Å²) in [6, 6.07) is 6.36. The lowest BCUT2D eigenvalue weighted by molar-refractivity contribution is -0.137. The van der Waals surface area contributed by atoms with Gasteiger partial charge in [0.25, 0.3) is 0 Å². The van der Waals surface area contributed by atoms with Crippen LogP contribution in [0.4, 0.5) is 13.2 Å². The SMILES string of the molecule is CC(CNC1CC1)NCc1cccc(C(F)(F)F)c1. The molecule has 1 atom stereocenters. The number of benzene rings is 1. The topological polar surface area (TPSA) is 24.1 Å². The summed E-state index contributed by atoms with van der Waals surface area (Å²) < 4.78 is 37.7. The maximum atomic E-state index is 12.6. The zero-order valence-corrected chi connectivity index (χ0v) is 10.9. The van der Waals surface area contributed by atoms with Gasteiger partial charge in [-0.25, -0.2) is 0 Å². The Kier molecular flexibility index (Phi) is 4.47. The normalized spacial score (nSPS) is 17.5. The predicted octanol–water partition coefficient (Wildman–Crippen LogP) is 2.94. The molecule has 0 spiro atoms. The average molecular weight is 272 g/mol. The first-order valence-corrected chi connectivity index (χ1v) is 6.58. The van der Waals surface area contributed by atoms with Gasteiger partial charge in [0, 0.05) is 25.2 Å². The van der Waals surface area contributed by atoms with E-state index < -0.39 is 11.7 Å². The quantitative estimate of drug-likeness (QED) is 0.832. The molecule has 1 aliphatic rings. The van der Waals surface area contributed by atoms with Gasteiger partial charge < -0.3 is 10.6 Å². The van der Waals surface area contributed by atoms with E-state index in [0.717, 1.165) is 12.6 Å². The molecular weight excluding hydrogens is 253 g/mol. The van der Waals surface area contributed by atoms with E-state index in [0.29, 0.717) is 18.2 Å². The van der Waals surface area contributed by atoms with Gasteiger partial charge in [-0.15, -0.1) is 0 Å². The Labute approximate surface area is 111 Å². The molecule has 1 aromatic rings. The molecule has 0 aliphatic heterocycles. The molecule has 0 aromatic heterocycles. The van der Waals surface area contributed by atoms with Crippen molar-refractivity contribution in [2.24, 2.45) is 0 Å². The summed E-state index contributed by atoms with van der Waals surface area (Å²) in [5.74, 6) is 0. The molecule has 5 heteroatoms. The highest BCUT2D eigenvalue weighted by molar-refractivity contribution is 5.25. The average Bonchev–Trinajstić information content (AvgIpc) is 3.17. The monoisotopic (exact) mass is 272 g/mol. The van der Waals surface area contributed by atoms with Crippen LogP contribution in [0, 0.1) is 0 Å². The lowest BCUT2D eigenvalue weighted by atomic mass is 10.1. The Morgan fingerprint density at radius 3 is 2.68 bits per heavy atom. The highest BCUT2D eigenvalue weighted by Crippen LogP contribution is 2.29. The largest absolute Gasteiger partial charge is 0.416 e. The molecule has 1 unspecified atom stereocenters. The van der Waals surface area contributed by atoms with Gasteiger partial charge in [-0.1, -0.05) is 18.2 Å². The van der Waals surface area contributed by atoms with Gasteiger partial charge in [-0.05, 0) is 31.4 Å². The highest BCUT2D eigenvalue weighted by Gasteiger charge is 2.30. The molecule has 106 valence electrons. The van der Waals surface area contributed by atoms with E-state index in [-0.39, 0.29) is 6.04 Å². The van der Waals surface area contributed by atoms with Crippen LogP contribution in [0.1, 0.15) is 30.9 Å². The maximum absolute atomic E-state index is 12.6. The zero-order valence-electron chi connectivity index (χ0n) is 10.9. The fourth-order valence-corrected chi connectivity index (χ4v) is 1.85. The summed E-state index contributed by atoms with van der Waals surface area (Å²) in [7, 11) is 0. The van der Waals surface area contributed by atoms with Crippen LogP contribution in [0.15, 0.2) is 24.3 Å². The molecule has 0 saturated heterocycles. The first-order valence-electron chi connectivity index (χ1n) is 6.58. The summed E-state index contributed by atoms with van der Waals surface area (Å²) in [6.45, 7) is 3.34. The molecule has 0 radical (unpaired) electrons. The van der Waals surface area contributed by atoms with Crippen molar-refractivity contribution in [2.75, 3.05) is 6.54 Å². The van der Waals surface area contributed by atoms with Gasteiger partial charge >= 0.3 is 6.18 Å². The van der Waals surface area contributed by atoms with Crippen molar-refractivity contribution in [3.63, 3.8) is 0 Å². The van der Waals surface area contributed by atoms with Gasteiger partial charge in [0.15, 0.2) is 0 Å². The zero-order chi connectivity index (χ0) is 13.9. The van der Waals surface area contributed by atoms with Gasteiger partial charge in [-0.3, -0.25) is 0 Å². The molecular formula is C14H19F3N2. The maximum Gasteiger partial charge on any atom is 0.416 e. The Morgan fingerprint density at radius 1 is 1.32 bits per heavy atom. The predicted molar refractivity (Wildman–Crippen MR) is 68.8 cm³/mol. The van der Waals surface area contributed by atoms with Gasteiger partial charge in [0.2, 0.25) is 0 Å². The standard InChI is InChI=1S/C14H19F3N2/c1-10(8-19-13-5-6-13)18-9-11-3-2-4-12(7-11)14(15,16)17/h2-4,7,10,13,18-19H,5-6,8-9H2,1H3. The number of hydrogen-bond donors (Lipinski definition) is 2. The summed E-state index contributed by atoms with van der Waals surface area (Å²) in [5.41, 5.74) is 0.0728. The van der Waals surface area contributed by atoms with E-state index in [1.807, 2.05) is 6.92 Å². The summed E-state index contributed by atoms with van der Waals surface area (Å²) in [6.07, 6.45) is -1.80. The molecule has 1 saturated carbocycles. The number of halogens is 3. The van der Waals surface area contributed by atoms with Crippen molar-refractivity contribution in [3.8, 4) is 0 Å². The third-order valence-electron chi connectivity index (χ3n) is 3.20. The second-order valence-electron chi connectivity index (χ2n) is 5.16. The van der Waals surface area contributed by atoms with Crippen molar-refractivity contribution in [3.05, 3.63) is 35.4 Å². The van der Waals surface area contributed by atoms with Crippen LogP contribution in [0.3, 0.4) is 0 Å². The van der Waals surface area contributed by atoms with E-state index in [2.05, 4.69) is 10.6 Å². The molecule has 1 aromatic carbocycles. The molecule has 0 heterocycles. The minimum atomic E-state index is -4.27. The van der Waals surface area contributed by atoms with E-state index in [9.17, 15) is 13.2 Å². The Morgan fingerprint density at radius 2 is 2.05 bits per heavy atom. The lowest BCUT2D eigenvalue weighted by Gasteiger charge is -2.15. The Bertz CT molecular complexity index is 413. The molecule has 2 N–H and O–H groups in total. The highest BCUT2D eigenvalue weighted by atomic mass is 19.4. The van der Waals surface area contributed by atoms with E-state index in [1.165, 1.54) is 25.0 Å². The van der Waals surface area contributed by atoms with Crippen LogP contribution in [0.2, 0.25) is 0 Å². The van der Waals surface area contributed by atoms with Crippen molar-refractivity contribution in [1.82, 2.24) is 10.6 Å². The summed E-state index contributed by atoms with van der Waals surface area (Å²) in [4.78, 5) is 0. The molecule has 0 bridgehead atoms. The van der Waals surface area contributed by atoms with Crippen LogP contribution < -0.4 is 10.6 Å². The van der Waals surface area contributed by atoms with Crippen LogP contribution >= 0.6 is 0 Å². The minimum absolute atomic E-state index is 0.246. The third kappa shape index (κ3) is 4.84. The number of hydrogen-bond acceptors (Lipinski definition) is 2. The number of alkyl halides is 3. The molecule has 1 fully saturated rings. The fourth-order valence-electron chi connectivity index (χ4n) is 1.85. The van der Waals surface area contributed by atoms with Crippen LogP contribution in [-0.4, -0.2) is 18.6 Å². The van der Waals surface area contributed by atoms with Gasteiger partial charge in [0.1, 0.15) is 0 Å². The second-order valence-corrected chi connectivity index (χ2v) is 5.16. The van der Waals surface area contributed by atoms with Crippen LogP contribution in [0.5, 0.6) is 0 Å².